The highest BCUT2D eigenvalue weighted by Crippen LogP contribution is 2.75. The van der Waals surface area contributed by atoms with Crippen LogP contribution in [0, 0.1) is 50.2 Å². The van der Waals surface area contributed by atoms with Gasteiger partial charge in [-0.1, -0.05) is 67.0 Å². The number of hydrogen-bond donors (Lipinski definition) is 0. The van der Waals surface area contributed by atoms with Gasteiger partial charge in [-0.05, 0) is 109 Å². The summed E-state index contributed by atoms with van der Waals surface area (Å²) >= 11 is 0. The van der Waals surface area contributed by atoms with Crippen LogP contribution < -0.4 is 0 Å². The molecule has 5 aliphatic rings. The summed E-state index contributed by atoms with van der Waals surface area (Å²) in [5.41, 5.74) is 3.92. The smallest absolute Gasteiger partial charge is 0.302 e. The molecule has 5 aliphatic carbocycles. The van der Waals surface area contributed by atoms with E-state index in [9.17, 15) is 4.79 Å². The lowest BCUT2D eigenvalue weighted by molar-refractivity contribution is -0.211. The number of rotatable bonds is 1. The fourth-order valence-corrected chi connectivity index (χ4v) is 10.9. The number of carbonyl (C=O) groups is 1. The number of hydrogen-bond acceptors (Lipinski definition) is 2. The third-order valence-electron chi connectivity index (χ3n) is 13.3. The largest absolute Gasteiger partial charge is 0.462 e. The zero-order valence-electron chi connectivity index (χ0n) is 23.8. The molecule has 2 nitrogen and oxygen atoms in total. The lowest BCUT2D eigenvalue weighted by atomic mass is 9.33. The molecule has 2 heteroatoms. The molecule has 4 fully saturated rings. The van der Waals surface area contributed by atoms with E-state index in [2.05, 4.69) is 61.5 Å². The Hall–Kier alpha value is -0.790. The van der Waals surface area contributed by atoms with Gasteiger partial charge >= 0.3 is 5.97 Å². The molecule has 0 spiro atoms. The van der Waals surface area contributed by atoms with E-state index < -0.39 is 0 Å². The van der Waals surface area contributed by atoms with Crippen LogP contribution in [-0.4, -0.2) is 12.1 Å². The highest BCUT2D eigenvalue weighted by molar-refractivity contribution is 5.66. The predicted molar refractivity (Wildman–Crippen MR) is 140 cm³/mol. The Morgan fingerprint density at radius 2 is 1.53 bits per heavy atom. The maximum Gasteiger partial charge on any atom is 0.302 e. The summed E-state index contributed by atoms with van der Waals surface area (Å²) in [6, 6.07) is 0. The second-order valence-corrected chi connectivity index (χ2v) is 15.8. The van der Waals surface area contributed by atoms with Crippen molar-refractivity contribution in [3.8, 4) is 0 Å². The summed E-state index contributed by atoms with van der Waals surface area (Å²) in [7, 11) is 0. The molecule has 34 heavy (non-hydrogen) atoms. The maximum atomic E-state index is 11.9. The number of esters is 1. The number of ether oxygens (including phenoxy) is 1. The molecule has 0 aliphatic heterocycles. The van der Waals surface area contributed by atoms with Crippen molar-refractivity contribution in [2.75, 3.05) is 0 Å². The van der Waals surface area contributed by atoms with Crippen molar-refractivity contribution in [3.63, 3.8) is 0 Å². The first-order chi connectivity index (χ1) is 15.6. The summed E-state index contributed by atoms with van der Waals surface area (Å²) in [6.07, 6.45) is 15.9. The van der Waals surface area contributed by atoms with Gasteiger partial charge in [0, 0.05) is 12.3 Å². The van der Waals surface area contributed by atoms with Crippen molar-refractivity contribution in [2.24, 2.45) is 50.2 Å². The molecule has 0 radical (unpaired) electrons. The minimum atomic E-state index is -0.110. The number of allylic oxidation sites excluding steroid dienone is 2. The Kier molecular flexibility index (Phi) is 5.40. The quantitative estimate of drug-likeness (QED) is 0.284. The first kappa shape index (κ1) is 24.9. The minimum Gasteiger partial charge on any atom is -0.462 e. The van der Waals surface area contributed by atoms with E-state index in [1.165, 1.54) is 57.8 Å². The van der Waals surface area contributed by atoms with Crippen LogP contribution in [0.25, 0.3) is 0 Å². The summed E-state index contributed by atoms with van der Waals surface area (Å²) < 4.78 is 5.91. The van der Waals surface area contributed by atoms with Gasteiger partial charge < -0.3 is 4.74 Å². The SMILES string of the molecule is CC(=O)OC1CC[C@@]2(C)C(CC[C@@]3(C)C2CC=C2C4CC(C)(C)CC[C@]4(C)CC[C@@]23C)C1(C)C. The second kappa shape index (κ2) is 7.38. The molecule has 5 rings (SSSR count). The van der Waals surface area contributed by atoms with Crippen LogP contribution in [0.5, 0.6) is 0 Å². The highest BCUT2D eigenvalue weighted by atomic mass is 16.5. The summed E-state index contributed by atoms with van der Waals surface area (Å²) in [5.74, 6) is 2.01. The lowest BCUT2D eigenvalue weighted by Crippen LogP contribution is -2.64. The molecule has 0 heterocycles. The average Bonchev–Trinajstić information content (AvgIpc) is 2.72. The molecule has 0 N–H and O–H groups in total. The van der Waals surface area contributed by atoms with Crippen LogP contribution in [0.3, 0.4) is 0 Å². The van der Waals surface area contributed by atoms with Crippen LogP contribution >= 0.6 is 0 Å². The van der Waals surface area contributed by atoms with Gasteiger partial charge in [0.15, 0.2) is 0 Å². The van der Waals surface area contributed by atoms with E-state index in [-0.39, 0.29) is 17.5 Å². The first-order valence-corrected chi connectivity index (χ1v) is 14.5. The lowest BCUT2D eigenvalue weighted by Gasteiger charge is -2.71. The molecule has 0 aromatic heterocycles. The van der Waals surface area contributed by atoms with E-state index in [4.69, 9.17) is 4.74 Å². The molecule has 4 saturated carbocycles. The molecule has 0 aromatic carbocycles. The van der Waals surface area contributed by atoms with Crippen LogP contribution in [-0.2, 0) is 9.53 Å². The Morgan fingerprint density at radius 3 is 2.21 bits per heavy atom. The normalized spacial score (nSPS) is 51.1. The van der Waals surface area contributed by atoms with Crippen molar-refractivity contribution in [2.45, 2.75) is 133 Å². The maximum absolute atomic E-state index is 11.9. The molecular formula is C32H52O2. The van der Waals surface area contributed by atoms with Crippen LogP contribution in [0.4, 0.5) is 0 Å². The zero-order valence-corrected chi connectivity index (χ0v) is 23.8. The topological polar surface area (TPSA) is 26.3 Å². The fraction of sp³-hybridized carbons (Fsp3) is 0.906. The van der Waals surface area contributed by atoms with Gasteiger partial charge in [-0.3, -0.25) is 4.79 Å². The van der Waals surface area contributed by atoms with Gasteiger partial charge in [0.05, 0.1) is 0 Å². The molecule has 0 aromatic rings. The fourth-order valence-electron chi connectivity index (χ4n) is 10.9. The second-order valence-electron chi connectivity index (χ2n) is 15.8. The molecule has 0 saturated heterocycles. The standard InChI is InChI=1S/C32H52O2/c1-21(33)34-26-13-14-30(7)24(28(26,4)5)12-15-32(9)25(30)11-10-22-23-20-27(2,3)16-17-29(23,6)18-19-31(22,32)8/h10,23-26H,11-20H2,1-9H3/t23?,24?,25?,26?,29-,30+,31+,32+/m1/s1. The van der Waals surface area contributed by atoms with Crippen molar-refractivity contribution in [1.29, 1.82) is 0 Å². The molecule has 192 valence electrons. The average molecular weight is 469 g/mol. The molecular weight excluding hydrogens is 416 g/mol. The van der Waals surface area contributed by atoms with Crippen LogP contribution in [0.1, 0.15) is 127 Å². The van der Waals surface area contributed by atoms with Crippen molar-refractivity contribution in [3.05, 3.63) is 11.6 Å². The van der Waals surface area contributed by atoms with Crippen molar-refractivity contribution in [1.82, 2.24) is 0 Å². The summed E-state index contributed by atoms with van der Waals surface area (Å²) in [4.78, 5) is 11.9. The van der Waals surface area contributed by atoms with E-state index in [1.54, 1.807) is 6.92 Å². The van der Waals surface area contributed by atoms with E-state index >= 15 is 0 Å². The van der Waals surface area contributed by atoms with Gasteiger partial charge in [0.2, 0.25) is 0 Å². The van der Waals surface area contributed by atoms with E-state index in [1.807, 2.05) is 5.57 Å². The minimum absolute atomic E-state index is 0.0451. The van der Waals surface area contributed by atoms with E-state index in [0.717, 1.165) is 18.3 Å². The van der Waals surface area contributed by atoms with Gasteiger partial charge in [0.1, 0.15) is 6.10 Å². The van der Waals surface area contributed by atoms with Gasteiger partial charge in [-0.25, -0.2) is 0 Å². The summed E-state index contributed by atoms with van der Waals surface area (Å²) in [5, 5.41) is 0. The number of fused-ring (bicyclic) bond motifs is 7. The van der Waals surface area contributed by atoms with Crippen LogP contribution in [0.2, 0.25) is 0 Å². The van der Waals surface area contributed by atoms with Gasteiger partial charge in [-0.2, -0.15) is 0 Å². The zero-order chi connectivity index (χ0) is 24.9. The Balaban J connectivity index is 1.53. The Morgan fingerprint density at radius 1 is 0.853 bits per heavy atom. The van der Waals surface area contributed by atoms with Gasteiger partial charge in [0.25, 0.3) is 0 Å². The Labute approximate surface area is 210 Å². The number of carbonyl (C=O) groups excluding carboxylic acids is 1. The molecule has 4 unspecified atom stereocenters. The third kappa shape index (κ3) is 3.21. The summed E-state index contributed by atoms with van der Waals surface area (Å²) in [6.45, 7) is 22.0. The van der Waals surface area contributed by atoms with Crippen LogP contribution in [0.15, 0.2) is 11.6 Å². The predicted octanol–water partition coefficient (Wildman–Crippen LogP) is 8.74. The van der Waals surface area contributed by atoms with E-state index in [0.29, 0.717) is 33.0 Å². The third-order valence-corrected chi connectivity index (χ3v) is 13.3. The highest BCUT2D eigenvalue weighted by Gasteiger charge is 2.68. The first-order valence-electron chi connectivity index (χ1n) is 14.5. The van der Waals surface area contributed by atoms with Crippen molar-refractivity contribution < 1.29 is 9.53 Å². The molecule has 0 amide bonds. The molecule has 0 bridgehead atoms. The molecule has 8 atom stereocenters. The Bertz CT molecular complexity index is 897. The van der Waals surface area contributed by atoms with Gasteiger partial charge in [-0.15, -0.1) is 0 Å². The monoisotopic (exact) mass is 468 g/mol. The van der Waals surface area contributed by atoms with Crippen molar-refractivity contribution >= 4 is 5.97 Å².